The first-order valence-corrected chi connectivity index (χ1v) is 15.4. The van der Waals surface area contributed by atoms with Gasteiger partial charge in [0.05, 0.1) is 5.16 Å². The second-order valence-electron chi connectivity index (χ2n) is 9.93. The summed E-state index contributed by atoms with van der Waals surface area (Å²) >= 11 is 0. The standard InChI is InChI=1S/C28H48NO6P/c1-4-7-8-9-10-11-12-13-14-15-16-17-26(30)29-25(27(31)32)22-23-18-20-24(21-19-23)28(5-2,6-3)36(33,34)35/h18-21,25H,4-17,22H2,1-3H3,(H,29,30)(H,31,32)(H2,33,34,35). The third kappa shape index (κ3) is 10.7. The van der Waals surface area contributed by atoms with Crippen LogP contribution in [0, 0.1) is 0 Å². The van der Waals surface area contributed by atoms with Crippen molar-refractivity contribution in [3.8, 4) is 0 Å². The van der Waals surface area contributed by atoms with E-state index in [-0.39, 0.29) is 12.3 Å². The molecule has 4 N–H and O–H groups in total. The lowest BCUT2D eigenvalue weighted by atomic mass is 9.91. The molecular weight excluding hydrogens is 477 g/mol. The molecule has 1 rings (SSSR count). The number of carboxylic acid groups (broad SMARTS) is 1. The number of unbranched alkanes of at least 4 members (excludes halogenated alkanes) is 10. The van der Waals surface area contributed by atoms with E-state index in [0.29, 0.717) is 30.4 Å². The van der Waals surface area contributed by atoms with Gasteiger partial charge in [0, 0.05) is 12.8 Å². The molecule has 0 radical (unpaired) electrons. The molecule has 1 aromatic carbocycles. The molecule has 0 spiro atoms. The third-order valence-corrected chi connectivity index (χ3v) is 9.31. The Morgan fingerprint density at radius 3 is 1.72 bits per heavy atom. The first-order chi connectivity index (χ1) is 17.1. The number of carbonyl (C=O) groups excluding carboxylic acids is 1. The van der Waals surface area contributed by atoms with Gasteiger partial charge in [-0.3, -0.25) is 9.36 Å². The molecular formula is C28H48NO6P. The van der Waals surface area contributed by atoms with E-state index in [0.717, 1.165) is 19.3 Å². The van der Waals surface area contributed by atoms with E-state index < -0.39 is 24.8 Å². The average molecular weight is 526 g/mol. The molecule has 1 amide bonds. The molecule has 0 saturated carbocycles. The summed E-state index contributed by atoms with van der Waals surface area (Å²) in [6, 6.07) is 5.66. The number of amides is 1. The fourth-order valence-electron chi connectivity index (χ4n) is 4.84. The van der Waals surface area contributed by atoms with E-state index >= 15 is 0 Å². The molecule has 7 nitrogen and oxygen atoms in total. The van der Waals surface area contributed by atoms with Crippen molar-refractivity contribution in [3.63, 3.8) is 0 Å². The van der Waals surface area contributed by atoms with Crippen LogP contribution in [0.4, 0.5) is 0 Å². The van der Waals surface area contributed by atoms with Gasteiger partial charge in [-0.15, -0.1) is 0 Å². The van der Waals surface area contributed by atoms with E-state index in [9.17, 15) is 29.0 Å². The molecule has 36 heavy (non-hydrogen) atoms. The van der Waals surface area contributed by atoms with E-state index in [1.54, 1.807) is 38.1 Å². The fourth-order valence-corrected chi connectivity index (χ4v) is 6.15. The lowest BCUT2D eigenvalue weighted by Gasteiger charge is -2.33. The molecule has 0 aliphatic heterocycles. The van der Waals surface area contributed by atoms with Crippen LogP contribution in [0.25, 0.3) is 0 Å². The molecule has 1 unspecified atom stereocenters. The number of carboxylic acids is 1. The lowest BCUT2D eigenvalue weighted by molar-refractivity contribution is -0.141. The second kappa shape index (κ2) is 16.9. The van der Waals surface area contributed by atoms with Gasteiger partial charge < -0.3 is 20.2 Å². The van der Waals surface area contributed by atoms with Crippen LogP contribution in [-0.2, 0) is 25.7 Å². The number of rotatable bonds is 20. The van der Waals surface area contributed by atoms with Crippen molar-refractivity contribution in [3.05, 3.63) is 35.4 Å². The van der Waals surface area contributed by atoms with Gasteiger partial charge in [-0.05, 0) is 30.4 Å². The Hall–Kier alpha value is -1.69. The van der Waals surface area contributed by atoms with Crippen LogP contribution in [0.15, 0.2) is 24.3 Å². The predicted molar refractivity (Wildman–Crippen MR) is 145 cm³/mol. The topological polar surface area (TPSA) is 124 Å². The van der Waals surface area contributed by atoms with Gasteiger partial charge in [0.1, 0.15) is 6.04 Å². The summed E-state index contributed by atoms with van der Waals surface area (Å²) in [6.45, 7) is 5.73. The van der Waals surface area contributed by atoms with Crippen LogP contribution >= 0.6 is 7.60 Å². The van der Waals surface area contributed by atoms with Crippen LogP contribution in [0.2, 0.25) is 0 Å². The SMILES string of the molecule is CCCCCCCCCCCCCC(=O)NC(Cc1ccc(C(CC)(CC)P(=O)(O)O)cc1)C(=O)O. The zero-order chi connectivity index (χ0) is 27.0. The summed E-state index contributed by atoms with van der Waals surface area (Å²) in [5, 5.41) is 11.0. The molecule has 1 aromatic rings. The number of aliphatic carboxylic acids is 1. The highest BCUT2D eigenvalue weighted by molar-refractivity contribution is 7.53. The van der Waals surface area contributed by atoms with E-state index in [1.807, 2.05) is 0 Å². The maximum Gasteiger partial charge on any atom is 0.335 e. The van der Waals surface area contributed by atoms with Crippen LogP contribution in [0.1, 0.15) is 122 Å². The minimum atomic E-state index is -4.38. The minimum Gasteiger partial charge on any atom is -0.480 e. The zero-order valence-corrected chi connectivity index (χ0v) is 23.4. The molecule has 0 aromatic heterocycles. The van der Waals surface area contributed by atoms with Crippen molar-refractivity contribution in [2.24, 2.45) is 0 Å². The Balaban J connectivity index is 2.47. The van der Waals surface area contributed by atoms with E-state index in [4.69, 9.17) is 0 Å². The van der Waals surface area contributed by atoms with Crippen LogP contribution < -0.4 is 5.32 Å². The maximum absolute atomic E-state index is 12.3. The van der Waals surface area contributed by atoms with E-state index in [2.05, 4.69) is 12.2 Å². The summed E-state index contributed by atoms with van der Waals surface area (Å²) in [5.74, 6) is -1.36. The van der Waals surface area contributed by atoms with Crippen molar-refractivity contribution in [1.29, 1.82) is 0 Å². The molecule has 0 aliphatic rings. The maximum atomic E-state index is 12.3. The second-order valence-corrected chi connectivity index (χ2v) is 11.9. The highest BCUT2D eigenvalue weighted by Crippen LogP contribution is 2.60. The molecule has 0 fully saturated rings. The van der Waals surface area contributed by atoms with Crippen LogP contribution in [0.5, 0.6) is 0 Å². The summed E-state index contributed by atoms with van der Waals surface area (Å²) < 4.78 is 12.2. The number of carbonyl (C=O) groups is 2. The molecule has 0 heterocycles. The molecule has 1 atom stereocenters. The first kappa shape index (κ1) is 32.3. The van der Waals surface area contributed by atoms with Gasteiger partial charge in [-0.25, -0.2) is 4.79 Å². The summed E-state index contributed by atoms with van der Waals surface area (Å²) in [7, 11) is -4.38. The molecule has 0 aliphatic carbocycles. The van der Waals surface area contributed by atoms with Crippen molar-refractivity contribution in [1.82, 2.24) is 5.32 Å². The Labute approximate surface area is 217 Å². The van der Waals surface area contributed by atoms with Crippen LogP contribution in [-0.4, -0.2) is 32.8 Å². The Morgan fingerprint density at radius 1 is 0.833 bits per heavy atom. The lowest BCUT2D eigenvalue weighted by Crippen LogP contribution is -2.42. The van der Waals surface area contributed by atoms with Gasteiger partial charge in [0.25, 0.3) is 0 Å². The highest BCUT2D eigenvalue weighted by atomic mass is 31.2. The Morgan fingerprint density at radius 2 is 1.31 bits per heavy atom. The van der Waals surface area contributed by atoms with Crippen molar-refractivity contribution >= 4 is 19.5 Å². The van der Waals surface area contributed by atoms with E-state index in [1.165, 1.54) is 51.4 Å². The number of hydrogen-bond acceptors (Lipinski definition) is 3. The van der Waals surface area contributed by atoms with Gasteiger partial charge in [-0.2, -0.15) is 0 Å². The van der Waals surface area contributed by atoms with Crippen molar-refractivity contribution in [2.45, 2.75) is 128 Å². The normalized spacial score (nSPS) is 12.9. The van der Waals surface area contributed by atoms with Gasteiger partial charge in [-0.1, -0.05) is 109 Å². The van der Waals surface area contributed by atoms with Crippen molar-refractivity contribution in [2.75, 3.05) is 0 Å². The quantitative estimate of drug-likeness (QED) is 0.111. The average Bonchev–Trinajstić information content (AvgIpc) is 2.83. The largest absolute Gasteiger partial charge is 0.480 e. The predicted octanol–water partition coefficient (Wildman–Crippen LogP) is 6.69. The monoisotopic (exact) mass is 525 g/mol. The minimum absolute atomic E-state index is 0.112. The first-order valence-electron chi connectivity index (χ1n) is 13.8. The number of hydrogen-bond donors (Lipinski definition) is 4. The fraction of sp³-hybridized carbons (Fsp3) is 0.714. The Bertz CT molecular complexity index is 816. The van der Waals surface area contributed by atoms with Gasteiger partial charge >= 0.3 is 13.6 Å². The molecule has 8 heteroatoms. The summed E-state index contributed by atoms with van der Waals surface area (Å²) in [5.41, 5.74) is 1.23. The molecule has 0 bridgehead atoms. The number of nitrogens with one attached hydrogen (secondary N) is 1. The zero-order valence-electron chi connectivity index (χ0n) is 22.5. The third-order valence-electron chi connectivity index (χ3n) is 7.30. The molecule has 206 valence electrons. The summed E-state index contributed by atoms with van der Waals surface area (Å²) in [4.78, 5) is 43.9. The highest BCUT2D eigenvalue weighted by Gasteiger charge is 2.45. The van der Waals surface area contributed by atoms with Crippen LogP contribution in [0.3, 0.4) is 0 Å². The number of benzene rings is 1. The molecule has 0 saturated heterocycles. The van der Waals surface area contributed by atoms with Gasteiger partial charge in [0.2, 0.25) is 5.91 Å². The van der Waals surface area contributed by atoms with Crippen molar-refractivity contribution < 1.29 is 29.0 Å². The summed E-state index contributed by atoms with van der Waals surface area (Å²) in [6.07, 6.45) is 14.1. The smallest absolute Gasteiger partial charge is 0.335 e. The van der Waals surface area contributed by atoms with Gasteiger partial charge in [0.15, 0.2) is 0 Å². The Kier molecular flexibility index (Phi) is 15.2.